The zero-order valence-electron chi connectivity index (χ0n) is 13.1. The third-order valence-corrected chi connectivity index (χ3v) is 5.09. The number of carbonyl (C=O) groups is 2. The number of benzene rings is 1. The van der Waals surface area contributed by atoms with Crippen molar-refractivity contribution in [3.8, 4) is 0 Å². The van der Waals surface area contributed by atoms with Crippen LogP contribution in [0.25, 0.3) is 10.8 Å². The van der Waals surface area contributed by atoms with E-state index in [1.165, 1.54) is 11.3 Å². The van der Waals surface area contributed by atoms with Crippen LogP contribution < -0.4 is 10.6 Å². The van der Waals surface area contributed by atoms with E-state index in [2.05, 4.69) is 15.6 Å². The number of pyridine rings is 1. The van der Waals surface area contributed by atoms with Crippen LogP contribution in [0.2, 0.25) is 5.15 Å². The summed E-state index contributed by atoms with van der Waals surface area (Å²) in [5, 5.41) is 9.89. The predicted molar refractivity (Wildman–Crippen MR) is 99.5 cm³/mol. The van der Waals surface area contributed by atoms with Crippen LogP contribution in [-0.2, 0) is 0 Å². The van der Waals surface area contributed by atoms with Gasteiger partial charge >= 0.3 is 0 Å². The Hall–Kier alpha value is -2.44. The molecule has 2 N–H and O–H groups in total. The first kappa shape index (κ1) is 16.1. The van der Waals surface area contributed by atoms with Gasteiger partial charge in [-0.3, -0.25) is 9.59 Å². The molecule has 0 saturated heterocycles. The molecule has 5 nitrogen and oxygen atoms in total. The number of carbonyl (C=O) groups excluding carboxylic acids is 2. The second kappa shape index (κ2) is 6.46. The normalized spacial score (nSPS) is 13.6. The third kappa shape index (κ3) is 3.36. The molecular weight excluding hydrogens is 358 g/mol. The Kier molecular flexibility index (Phi) is 4.15. The van der Waals surface area contributed by atoms with E-state index in [1.807, 2.05) is 24.3 Å². The summed E-state index contributed by atoms with van der Waals surface area (Å²) in [6, 6.07) is 11.1. The van der Waals surface area contributed by atoms with Crippen LogP contribution in [0.1, 0.15) is 33.7 Å². The first-order valence-electron chi connectivity index (χ1n) is 7.87. The van der Waals surface area contributed by atoms with E-state index < -0.39 is 5.91 Å². The highest BCUT2D eigenvalue weighted by molar-refractivity contribution is 7.14. The lowest BCUT2D eigenvalue weighted by Crippen LogP contribution is -2.26. The molecule has 0 radical (unpaired) electrons. The first-order chi connectivity index (χ1) is 12.1. The topological polar surface area (TPSA) is 71.1 Å². The zero-order chi connectivity index (χ0) is 17.4. The van der Waals surface area contributed by atoms with Crippen molar-refractivity contribution in [2.24, 2.45) is 0 Å². The minimum absolute atomic E-state index is 0.163. The van der Waals surface area contributed by atoms with Crippen LogP contribution in [0.3, 0.4) is 0 Å². The highest BCUT2D eigenvalue weighted by Gasteiger charge is 2.25. The van der Waals surface area contributed by atoms with Gasteiger partial charge in [0, 0.05) is 11.4 Å². The Morgan fingerprint density at radius 3 is 2.76 bits per heavy atom. The zero-order valence-corrected chi connectivity index (χ0v) is 14.7. The molecule has 4 rings (SSSR count). The number of hydrogen-bond donors (Lipinski definition) is 2. The quantitative estimate of drug-likeness (QED) is 0.678. The number of aromatic nitrogens is 1. The molecule has 2 aromatic heterocycles. The van der Waals surface area contributed by atoms with Crippen molar-refractivity contribution in [3.63, 3.8) is 0 Å². The number of nitrogens with one attached hydrogen (secondary N) is 2. The van der Waals surface area contributed by atoms with Gasteiger partial charge in [-0.1, -0.05) is 35.9 Å². The monoisotopic (exact) mass is 371 g/mol. The van der Waals surface area contributed by atoms with Crippen molar-refractivity contribution in [1.82, 2.24) is 10.3 Å². The van der Waals surface area contributed by atoms with Gasteiger partial charge in [0.15, 0.2) is 0 Å². The number of halogens is 1. The first-order valence-corrected chi connectivity index (χ1v) is 9.12. The lowest BCUT2D eigenvalue weighted by molar-refractivity contribution is 0.0952. The molecule has 0 aliphatic heterocycles. The van der Waals surface area contributed by atoms with Gasteiger partial charge in [0.05, 0.1) is 5.56 Å². The Bertz CT molecular complexity index is 981. The molecule has 0 spiro atoms. The molecule has 1 saturated carbocycles. The molecule has 126 valence electrons. The van der Waals surface area contributed by atoms with E-state index in [4.69, 9.17) is 11.6 Å². The van der Waals surface area contributed by atoms with Crippen molar-refractivity contribution in [3.05, 3.63) is 58.2 Å². The van der Waals surface area contributed by atoms with Gasteiger partial charge < -0.3 is 10.6 Å². The average Bonchev–Trinajstić information content (AvgIpc) is 3.30. The standard InChI is InChI=1S/C18H14ClN3O2S/c19-15-12-4-2-1-3-10(12)9-14(21-15)17(24)22-18-13(7-8-25-18)16(23)20-11-5-6-11/h1-4,7-9,11H,5-6H2,(H,20,23)(H,22,24). The lowest BCUT2D eigenvalue weighted by Gasteiger charge is -2.08. The van der Waals surface area contributed by atoms with Gasteiger partial charge in [-0.25, -0.2) is 4.98 Å². The highest BCUT2D eigenvalue weighted by atomic mass is 35.5. The van der Waals surface area contributed by atoms with E-state index in [0.29, 0.717) is 10.6 Å². The summed E-state index contributed by atoms with van der Waals surface area (Å²) >= 11 is 7.48. The molecule has 1 aliphatic carbocycles. The molecule has 3 aromatic rings. The summed E-state index contributed by atoms with van der Waals surface area (Å²) < 4.78 is 0. The molecule has 1 fully saturated rings. The molecule has 0 unspecified atom stereocenters. The molecule has 7 heteroatoms. The number of hydrogen-bond acceptors (Lipinski definition) is 4. The fourth-order valence-electron chi connectivity index (χ4n) is 2.52. The van der Waals surface area contributed by atoms with Crippen LogP contribution in [-0.4, -0.2) is 22.8 Å². The summed E-state index contributed by atoms with van der Waals surface area (Å²) in [5.74, 6) is -0.556. The Balaban J connectivity index is 1.58. The number of nitrogens with zero attached hydrogens (tertiary/aromatic N) is 1. The molecule has 2 amide bonds. The van der Waals surface area contributed by atoms with Gasteiger partial charge in [0.2, 0.25) is 0 Å². The van der Waals surface area contributed by atoms with Crippen molar-refractivity contribution in [2.45, 2.75) is 18.9 Å². The van der Waals surface area contributed by atoms with Crippen LogP contribution in [0, 0.1) is 0 Å². The van der Waals surface area contributed by atoms with Gasteiger partial charge in [-0.15, -0.1) is 11.3 Å². The van der Waals surface area contributed by atoms with Crippen molar-refractivity contribution < 1.29 is 9.59 Å². The van der Waals surface area contributed by atoms with Crippen molar-refractivity contribution >= 4 is 50.5 Å². The summed E-state index contributed by atoms with van der Waals surface area (Å²) in [5.41, 5.74) is 0.683. The van der Waals surface area contributed by atoms with Gasteiger partial charge in [-0.05, 0) is 35.7 Å². The van der Waals surface area contributed by atoms with E-state index in [-0.39, 0.29) is 22.8 Å². The summed E-state index contributed by atoms with van der Waals surface area (Å²) in [7, 11) is 0. The number of fused-ring (bicyclic) bond motifs is 1. The maximum atomic E-state index is 12.6. The van der Waals surface area contributed by atoms with Gasteiger partial charge in [0.1, 0.15) is 15.8 Å². The second-order valence-electron chi connectivity index (χ2n) is 5.88. The molecule has 1 aliphatic rings. The molecule has 0 bridgehead atoms. The molecule has 0 atom stereocenters. The maximum absolute atomic E-state index is 12.6. The van der Waals surface area contributed by atoms with Crippen LogP contribution in [0.4, 0.5) is 5.00 Å². The fraction of sp³-hybridized carbons (Fsp3) is 0.167. The Labute approximate surface area is 153 Å². The average molecular weight is 372 g/mol. The number of thiophene rings is 1. The van der Waals surface area contributed by atoms with E-state index in [0.717, 1.165) is 23.6 Å². The third-order valence-electron chi connectivity index (χ3n) is 3.98. The summed E-state index contributed by atoms with van der Waals surface area (Å²) in [6.45, 7) is 0. The maximum Gasteiger partial charge on any atom is 0.274 e. The van der Waals surface area contributed by atoms with Crippen LogP contribution in [0.5, 0.6) is 0 Å². The van der Waals surface area contributed by atoms with Crippen LogP contribution >= 0.6 is 22.9 Å². The smallest absolute Gasteiger partial charge is 0.274 e. The van der Waals surface area contributed by atoms with E-state index >= 15 is 0 Å². The van der Waals surface area contributed by atoms with E-state index in [1.54, 1.807) is 17.5 Å². The molecule has 25 heavy (non-hydrogen) atoms. The molecule has 2 heterocycles. The minimum Gasteiger partial charge on any atom is -0.349 e. The summed E-state index contributed by atoms with van der Waals surface area (Å²) in [4.78, 5) is 29.0. The fourth-order valence-corrected chi connectivity index (χ4v) is 3.56. The highest BCUT2D eigenvalue weighted by Crippen LogP contribution is 2.27. The minimum atomic E-state index is -0.393. The van der Waals surface area contributed by atoms with Crippen molar-refractivity contribution in [1.29, 1.82) is 0 Å². The molecule has 1 aromatic carbocycles. The largest absolute Gasteiger partial charge is 0.349 e. The van der Waals surface area contributed by atoms with Crippen LogP contribution in [0.15, 0.2) is 41.8 Å². The number of rotatable bonds is 4. The second-order valence-corrected chi connectivity index (χ2v) is 7.16. The lowest BCUT2D eigenvalue weighted by atomic mass is 10.1. The Morgan fingerprint density at radius 1 is 1.16 bits per heavy atom. The van der Waals surface area contributed by atoms with Gasteiger partial charge in [0.25, 0.3) is 11.8 Å². The summed E-state index contributed by atoms with van der Waals surface area (Å²) in [6.07, 6.45) is 2.02. The SMILES string of the molecule is O=C(Nc1sccc1C(=O)NC1CC1)c1cc2ccccc2c(Cl)n1. The van der Waals surface area contributed by atoms with E-state index in [9.17, 15) is 9.59 Å². The predicted octanol–water partition coefficient (Wildman–Crippen LogP) is 4.09. The molecular formula is C18H14ClN3O2S. The number of anilines is 1. The van der Waals surface area contributed by atoms with Crippen molar-refractivity contribution in [2.75, 3.05) is 5.32 Å². The van der Waals surface area contributed by atoms with Gasteiger partial charge in [-0.2, -0.15) is 0 Å². The Morgan fingerprint density at radius 2 is 1.96 bits per heavy atom. The number of amides is 2.